The molecule has 0 bridgehead atoms. The van der Waals surface area contributed by atoms with Crippen LogP contribution in [-0.4, -0.2) is 0 Å². The van der Waals surface area contributed by atoms with E-state index in [2.05, 4.69) is 242 Å². The lowest BCUT2D eigenvalue weighted by Crippen LogP contribution is -2.09. The summed E-state index contributed by atoms with van der Waals surface area (Å²) in [4.78, 5) is 4.59. The zero-order valence-electron chi connectivity index (χ0n) is 30.7. The summed E-state index contributed by atoms with van der Waals surface area (Å²) in [7, 11) is 0. The molecule has 0 unspecified atom stereocenters. The maximum absolute atomic E-state index is 2.31. The fourth-order valence-electron chi connectivity index (χ4n) is 6.81. The highest BCUT2D eigenvalue weighted by Crippen LogP contribution is 2.37. The standard InChI is InChI=1S/C52H42N2/c1-39-13-31-49(32-14-39)54(50-33-15-40(2)16-34-50)52-37-29-46(30-38-52)45-27-25-44(26-28-45)43-23-19-41(20-24-43)17-18-42-21-35-51(36-22-42)53(47-9-5-3-6-10-47)48-11-7-4-8-12-48/h3-38H,1-2H3/b18-17+. The van der Waals surface area contributed by atoms with E-state index in [-0.39, 0.29) is 0 Å². The van der Waals surface area contributed by atoms with Crippen molar-refractivity contribution in [1.82, 2.24) is 0 Å². The number of hydrogen-bond acceptors (Lipinski definition) is 2. The molecule has 0 heterocycles. The summed E-state index contributed by atoms with van der Waals surface area (Å²) in [6, 6.07) is 73.7. The fraction of sp³-hybridized carbons (Fsp3) is 0.0385. The topological polar surface area (TPSA) is 6.48 Å². The molecule has 0 radical (unpaired) electrons. The van der Waals surface area contributed by atoms with Crippen LogP contribution in [0.15, 0.2) is 206 Å². The minimum absolute atomic E-state index is 1.12. The van der Waals surface area contributed by atoms with Crippen LogP contribution < -0.4 is 9.80 Å². The first-order valence-electron chi connectivity index (χ1n) is 18.5. The average molecular weight is 695 g/mol. The van der Waals surface area contributed by atoms with Crippen LogP contribution in [0.4, 0.5) is 34.1 Å². The Labute approximate surface area is 319 Å². The van der Waals surface area contributed by atoms with Crippen LogP contribution >= 0.6 is 0 Å². The van der Waals surface area contributed by atoms with Crippen molar-refractivity contribution in [3.8, 4) is 22.3 Å². The smallest absolute Gasteiger partial charge is 0.0462 e. The fourth-order valence-corrected chi connectivity index (χ4v) is 6.81. The lowest BCUT2D eigenvalue weighted by molar-refractivity contribution is 1.27. The molecule has 8 rings (SSSR count). The Morgan fingerprint density at radius 2 is 0.500 bits per heavy atom. The minimum atomic E-state index is 1.12. The molecule has 0 N–H and O–H groups in total. The molecule has 0 aliphatic carbocycles. The molecule has 0 aliphatic rings. The molecule has 260 valence electrons. The lowest BCUT2D eigenvalue weighted by Gasteiger charge is -2.26. The summed E-state index contributed by atoms with van der Waals surface area (Å²) in [5, 5.41) is 0. The number of nitrogens with zero attached hydrogens (tertiary/aromatic N) is 2. The SMILES string of the molecule is Cc1ccc(N(c2ccc(C)cc2)c2ccc(-c3ccc(-c4ccc(/C=C/c5ccc(N(c6ccccc6)c6ccccc6)cc5)cc4)cc3)cc2)cc1. The van der Waals surface area contributed by atoms with Gasteiger partial charge < -0.3 is 9.80 Å². The number of rotatable bonds is 10. The molecule has 0 spiro atoms. The van der Waals surface area contributed by atoms with Crippen molar-refractivity contribution in [2.24, 2.45) is 0 Å². The van der Waals surface area contributed by atoms with Gasteiger partial charge in [0.2, 0.25) is 0 Å². The molecule has 8 aromatic rings. The van der Waals surface area contributed by atoms with Gasteiger partial charge in [0, 0.05) is 34.1 Å². The molecule has 0 fully saturated rings. The lowest BCUT2D eigenvalue weighted by atomic mass is 9.99. The molecule has 0 atom stereocenters. The normalized spacial score (nSPS) is 11.1. The molecule has 2 heteroatoms. The van der Waals surface area contributed by atoms with Crippen molar-refractivity contribution in [3.05, 3.63) is 229 Å². The van der Waals surface area contributed by atoms with Crippen molar-refractivity contribution < 1.29 is 0 Å². The third kappa shape index (κ3) is 7.79. The second-order valence-electron chi connectivity index (χ2n) is 13.7. The zero-order valence-corrected chi connectivity index (χ0v) is 30.7. The summed E-state index contributed by atoms with van der Waals surface area (Å²) in [5.41, 5.74) is 16.4. The number of aryl methyl sites for hydroxylation is 2. The first-order valence-corrected chi connectivity index (χ1v) is 18.5. The van der Waals surface area contributed by atoms with Gasteiger partial charge in [-0.2, -0.15) is 0 Å². The Hall–Kier alpha value is -6.90. The van der Waals surface area contributed by atoms with Crippen LogP contribution in [-0.2, 0) is 0 Å². The Bertz CT molecular complexity index is 2350. The summed E-state index contributed by atoms with van der Waals surface area (Å²) < 4.78 is 0. The first-order chi connectivity index (χ1) is 26.6. The molecule has 0 aromatic heterocycles. The maximum Gasteiger partial charge on any atom is 0.0462 e. The molecule has 2 nitrogen and oxygen atoms in total. The van der Waals surface area contributed by atoms with Gasteiger partial charge in [0.25, 0.3) is 0 Å². The predicted molar refractivity (Wildman–Crippen MR) is 232 cm³/mol. The van der Waals surface area contributed by atoms with Gasteiger partial charge in [-0.1, -0.05) is 157 Å². The van der Waals surface area contributed by atoms with Crippen LogP contribution in [0.2, 0.25) is 0 Å². The minimum Gasteiger partial charge on any atom is -0.311 e. The maximum atomic E-state index is 2.31. The number of para-hydroxylation sites is 2. The van der Waals surface area contributed by atoms with Crippen molar-refractivity contribution in [2.45, 2.75) is 13.8 Å². The third-order valence-corrected chi connectivity index (χ3v) is 9.82. The monoisotopic (exact) mass is 694 g/mol. The molecule has 54 heavy (non-hydrogen) atoms. The highest BCUT2D eigenvalue weighted by Gasteiger charge is 2.14. The first kappa shape index (κ1) is 34.2. The van der Waals surface area contributed by atoms with Crippen LogP contribution in [0, 0.1) is 13.8 Å². The third-order valence-electron chi connectivity index (χ3n) is 9.82. The molecular formula is C52H42N2. The molecule has 0 aliphatic heterocycles. The van der Waals surface area contributed by atoms with E-state index in [9.17, 15) is 0 Å². The highest BCUT2D eigenvalue weighted by atomic mass is 15.1. The number of hydrogen-bond donors (Lipinski definition) is 0. The summed E-state index contributed by atoms with van der Waals surface area (Å²) >= 11 is 0. The van der Waals surface area contributed by atoms with Gasteiger partial charge in [-0.05, 0) is 120 Å². The van der Waals surface area contributed by atoms with Crippen LogP contribution in [0.25, 0.3) is 34.4 Å². The van der Waals surface area contributed by atoms with E-state index in [0.29, 0.717) is 0 Å². The van der Waals surface area contributed by atoms with Crippen molar-refractivity contribution in [3.63, 3.8) is 0 Å². The van der Waals surface area contributed by atoms with Crippen LogP contribution in [0.5, 0.6) is 0 Å². The second-order valence-corrected chi connectivity index (χ2v) is 13.7. The van der Waals surface area contributed by atoms with E-state index in [1.807, 2.05) is 0 Å². The molecular weight excluding hydrogens is 653 g/mol. The van der Waals surface area contributed by atoms with Gasteiger partial charge in [0.05, 0.1) is 0 Å². The van der Waals surface area contributed by atoms with Crippen molar-refractivity contribution in [2.75, 3.05) is 9.80 Å². The van der Waals surface area contributed by atoms with E-state index in [0.717, 1.165) is 39.7 Å². The van der Waals surface area contributed by atoms with Gasteiger partial charge in [-0.3, -0.25) is 0 Å². The predicted octanol–water partition coefficient (Wildman–Crippen LogP) is 14.7. The molecule has 0 saturated carbocycles. The van der Waals surface area contributed by atoms with Gasteiger partial charge in [0.15, 0.2) is 0 Å². The Morgan fingerprint density at radius 3 is 0.852 bits per heavy atom. The van der Waals surface area contributed by atoms with E-state index >= 15 is 0 Å². The Morgan fingerprint density at radius 1 is 0.259 bits per heavy atom. The van der Waals surface area contributed by atoms with Crippen molar-refractivity contribution >= 4 is 46.3 Å². The van der Waals surface area contributed by atoms with E-state index in [1.54, 1.807) is 0 Å². The van der Waals surface area contributed by atoms with Crippen LogP contribution in [0.1, 0.15) is 22.3 Å². The summed E-state index contributed by atoms with van der Waals surface area (Å²) in [6.07, 6.45) is 4.35. The largest absolute Gasteiger partial charge is 0.311 e. The highest BCUT2D eigenvalue weighted by molar-refractivity contribution is 5.80. The second kappa shape index (κ2) is 15.8. The van der Waals surface area contributed by atoms with Gasteiger partial charge in [-0.25, -0.2) is 0 Å². The van der Waals surface area contributed by atoms with Crippen molar-refractivity contribution in [1.29, 1.82) is 0 Å². The Balaban J connectivity index is 0.944. The summed E-state index contributed by atoms with van der Waals surface area (Å²) in [5.74, 6) is 0. The molecule has 0 saturated heterocycles. The summed E-state index contributed by atoms with van der Waals surface area (Å²) in [6.45, 7) is 4.25. The van der Waals surface area contributed by atoms with E-state index < -0.39 is 0 Å². The molecule has 0 amide bonds. The zero-order chi connectivity index (χ0) is 36.7. The van der Waals surface area contributed by atoms with E-state index in [4.69, 9.17) is 0 Å². The Kier molecular flexibility index (Phi) is 9.99. The number of benzene rings is 8. The molecule has 8 aromatic carbocycles. The van der Waals surface area contributed by atoms with Gasteiger partial charge in [0.1, 0.15) is 0 Å². The average Bonchev–Trinajstić information content (AvgIpc) is 3.23. The number of anilines is 6. The van der Waals surface area contributed by atoms with E-state index in [1.165, 1.54) is 38.9 Å². The van der Waals surface area contributed by atoms with Crippen LogP contribution in [0.3, 0.4) is 0 Å². The van der Waals surface area contributed by atoms with Gasteiger partial charge in [-0.15, -0.1) is 0 Å². The van der Waals surface area contributed by atoms with Gasteiger partial charge >= 0.3 is 0 Å². The quantitative estimate of drug-likeness (QED) is 0.132.